The van der Waals surface area contributed by atoms with E-state index in [1.165, 1.54) is 28.4 Å². The lowest BCUT2D eigenvalue weighted by atomic mass is 10.0. The largest absolute Gasteiger partial charge is 0.493 e. The van der Waals surface area contributed by atoms with E-state index in [2.05, 4.69) is 0 Å². The van der Waals surface area contributed by atoms with Crippen LogP contribution in [0.25, 0.3) is 0 Å². The van der Waals surface area contributed by atoms with Crippen molar-refractivity contribution in [3.8, 4) is 17.2 Å². The van der Waals surface area contributed by atoms with E-state index in [0.717, 1.165) is 12.8 Å². The van der Waals surface area contributed by atoms with Gasteiger partial charge in [0.15, 0.2) is 11.5 Å². The fraction of sp³-hybridized carbons (Fsp3) is 0.529. The van der Waals surface area contributed by atoms with E-state index in [9.17, 15) is 9.59 Å². The van der Waals surface area contributed by atoms with Gasteiger partial charge in [0.05, 0.1) is 28.4 Å². The summed E-state index contributed by atoms with van der Waals surface area (Å²) >= 11 is 0. The van der Waals surface area contributed by atoms with Gasteiger partial charge in [0.2, 0.25) is 5.75 Å². The van der Waals surface area contributed by atoms with Crippen LogP contribution in [-0.4, -0.2) is 57.8 Å². The standard InChI is InChI=1S/C17H23NO6/c1-21-13-9-11(10-14(22-2)15(13)23-3)16(19)18-8-6-5-7-12(18)17(20)24-4/h9-10,12H,5-8H2,1-4H3/t12-/m1/s1. The predicted molar refractivity (Wildman–Crippen MR) is 86.8 cm³/mol. The van der Waals surface area contributed by atoms with E-state index in [1.807, 2.05) is 0 Å². The highest BCUT2D eigenvalue weighted by Crippen LogP contribution is 2.38. The Bertz CT molecular complexity index is 590. The van der Waals surface area contributed by atoms with Gasteiger partial charge < -0.3 is 23.8 Å². The Labute approximate surface area is 141 Å². The summed E-state index contributed by atoms with van der Waals surface area (Å²) in [6, 6.07) is 2.62. The van der Waals surface area contributed by atoms with E-state index in [4.69, 9.17) is 18.9 Å². The van der Waals surface area contributed by atoms with Crippen LogP contribution in [0.4, 0.5) is 0 Å². The molecule has 0 radical (unpaired) electrons. The van der Waals surface area contributed by atoms with Crippen molar-refractivity contribution in [3.63, 3.8) is 0 Å². The first-order valence-electron chi connectivity index (χ1n) is 7.76. The summed E-state index contributed by atoms with van der Waals surface area (Å²) in [5, 5.41) is 0. The number of hydrogen-bond acceptors (Lipinski definition) is 6. The van der Waals surface area contributed by atoms with Crippen LogP contribution in [0, 0.1) is 0 Å². The number of nitrogens with zero attached hydrogens (tertiary/aromatic N) is 1. The van der Waals surface area contributed by atoms with Crippen LogP contribution in [0.2, 0.25) is 0 Å². The number of esters is 1. The number of amides is 1. The summed E-state index contributed by atoms with van der Waals surface area (Å²) in [6.07, 6.45) is 2.34. The molecule has 0 N–H and O–H groups in total. The topological polar surface area (TPSA) is 74.3 Å². The molecule has 2 rings (SSSR count). The maximum Gasteiger partial charge on any atom is 0.328 e. The van der Waals surface area contributed by atoms with Crippen LogP contribution in [0.5, 0.6) is 17.2 Å². The van der Waals surface area contributed by atoms with Gasteiger partial charge in [0.1, 0.15) is 6.04 Å². The van der Waals surface area contributed by atoms with E-state index in [0.29, 0.717) is 35.8 Å². The van der Waals surface area contributed by atoms with Crippen LogP contribution >= 0.6 is 0 Å². The third-order valence-corrected chi connectivity index (χ3v) is 4.15. The SMILES string of the molecule is COC(=O)[C@H]1CCCCN1C(=O)c1cc(OC)c(OC)c(OC)c1. The summed E-state index contributed by atoms with van der Waals surface area (Å²) in [7, 11) is 5.81. The van der Waals surface area contributed by atoms with Crippen molar-refractivity contribution in [2.24, 2.45) is 0 Å². The summed E-state index contributed by atoms with van der Waals surface area (Å²) in [6.45, 7) is 0.509. The minimum Gasteiger partial charge on any atom is -0.493 e. The van der Waals surface area contributed by atoms with Gasteiger partial charge >= 0.3 is 5.97 Å². The number of benzene rings is 1. The van der Waals surface area contributed by atoms with Gasteiger partial charge in [-0.15, -0.1) is 0 Å². The van der Waals surface area contributed by atoms with Crippen LogP contribution in [0.3, 0.4) is 0 Å². The van der Waals surface area contributed by atoms with Crippen LogP contribution in [-0.2, 0) is 9.53 Å². The van der Waals surface area contributed by atoms with Crippen LogP contribution in [0.1, 0.15) is 29.6 Å². The molecule has 1 fully saturated rings. The smallest absolute Gasteiger partial charge is 0.328 e. The van der Waals surface area contributed by atoms with Crippen molar-refractivity contribution in [2.75, 3.05) is 35.0 Å². The minimum atomic E-state index is -0.560. The molecule has 0 bridgehead atoms. The van der Waals surface area contributed by atoms with Crippen LogP contribution in [0.15, 0.2) is 12.1 Å². The summed E-state index contributed by atoms with van der Waals surface area (Å²) in [4.78, 5) is 26.5. The monoisotopic (exact) mass is 337 g/mol. The molecule has 7 nitrogen and oxygen atoms in total. The quantitative estimate of drug-likeness (QED) is 0.764. The Morgan fingerprint density at radius 2 is 1.62 bits per heavy atom. The first kappa shape index (κ1) is 17.9. The predicted octanol–water partition coefficient (Wildman–Crippen LogP) is 1.88. The Balaban J connectivity index is 2.39. The van der Waals surface area contributed by atoms with Crippen molar-refractivity contribution >= 4 is 11.9 Å². The van der Waals surface area contributed by atoms with Crippen molar-refractivity contribution in [2.45, 2.75) is 25.3 Å². The zero-order valence-electron chi connectivity index (χ0n) is 14.5. The fourth-order valence-electron chi connectivity index (χ4n) is 2.93. The van der Waals surface area contributed by atoms with Crippen molar-refractivity contribution in [3.05, 3.63) is 17.7 Å². The van der Waals surface area contributed by atoms with E-state index >= 15 is 0 Å². The average Bonchev–Trinajstić information content (AvgIpc) is 2.65. The maximum absolute atomic E-state index is 12.9. The Morgan fingerprint density at radius 3 is 2.12 bits per heavy atom. The van der Waals surface area contributed by atoms with Crippen LogP contribution < -0.4 is 14.2 Å². The fourth-order valence-corrected chi connectivity index (χ4v) is 2.93. The Hall–Kier alpha value is -2.44. The molecule has 1 heterocycles. The lowest BCUT2D eigenvalue weighted by Gasteiger charge is -2.34. The normalized spacial score (nSPS) is 17.2. The minimum absolute atomic E-state index is 0.260. The molecule has 1 aromatic rings. The van der Waals surface area contributed by atoms with E-state index in [-0.39, 0.29) is 5.91 Å². The molecule has 0 aliphatic carbocycles. The van der Waals surface area contributed by atoms with Gasteiger partial charge in [0.25, 0.3) is 5.91 Å². The van der Waals surface area contributed by atoms with Crippen molar-refractivity contribution in [1.29, 1.82) is 0 Å². The number of hydrogen-bond donors (Lipinski definition) is 0. The van der Waals surface area contributed by atoms with Gasteiger partial charge in [-0.3, -0.25) is 4.79 Å². The number of likely N-dealkylation sites (tertiary alicyclic amines) is 1. The number of carbonyl (C=O) groups is 2. The van der Waals surface area contributed by atoms with Crippen molar-refractivity contribution < 1.29 is 28.5 Å². The summed E-state index contributed by atoms with van der Waals surface area (Å²) < 4.78 is 20.7. The highest BCUT2D eigenvalue weighted by atomic mass is 16.5. The van der Waals surface area contributed by atoms with E-state index < -0.39 is 12.0 Å². The maximum atomic E-state index is 12.9. The molecule has 1 atom stereocenters. The second-order valence-electron chi connectivity index (χ2n) is 5.45. The van der Waals surface area contributed by atoms with Gasteiger partial charge in [0, 0.05) is 12.1 Å². The third kappa shape index (κ3) is 3.39. The molecule has 1 aromatic carbocycles. The average molecular weight is 337 g/mol. The third-order valence-electron chi connectivity index (χ3n) is 4.15. The van der Waals surface area contributed by atoms with Crippen molar-refractivity contribution in [1.82, 2.24) is 4.90 Å². The highest BCUT2D eigenvalue weighted by molar-refractivity contribution is 5.98. The summed E-state index contributed by atoms with van der Waals surface area (Å²) in [5.74, 6) is 0.554. The second-order valence-corrected chi connectivity index (χ2v) is 5.45. The number of methoxy groups -OCH3 is 4. The molecule has 0 aromatic heterocycles. The number of rotatable bonds is 5. The highest BCUT2D eigenvalue weighted by Gasteiger charge is 2.34. The van der Waals surface area contributed by atoms with Gasteiger partial charge in [-0.2, -0.15) is 0 Å². The molecule has 7 heteroatoms. The lowest BCUT2D eigenvalue weighted by molar-refractivity contribution is -0.147. The van der Waals surface area contributed by atoms with E-state index in [1.54, 1.807) is 17.0 Å². The molecule has 0 unspecified atom stereocenters. The van der Waals surface area contributed by atoms with Gasteiger partial charge in [-0.1, -0.05) is 0 Å². The molecule has 24 heavy (non-hydrogen) atoms. The number of piperidine rings is 1. The summed E-state index contributed by atoms with van der Waals surface area (Å²) in [5.41, 5.74) is 0.375. The molecule has 0 spiro atoms. The number of carbonyl (C=O) groups excluding carboxylic acids is 2. The molecule has 1 aliphatic heterocycles. The molecule has 1 saturated heterocycles. The zero-order chi connectivity index (χ0) is 17.7. The molecular formula is C17H23NO6. The molecule has 1 amide bonds. The lowest BCUT2D eigenvalue weighted by Crippen LogP contribution is -2.48. The molecule has 0 saturated carbocycles. The Morgan fingerprint density at radius 1 is 1.00 bits per heavy atom. The van der Waals surface area contributed by atoms with Gasteiger partial charge in [-0.25, -0.2) is 4.79 Å². The number of ether oxygens (including phenoxy) is 4. The second kappa shape index (κ2) is 7.90. The molecule has 1 aliphatic rings. The molecule has 132 valence electrons. The van der Waals surface area contributed by atoms with Gasteiger partial charge in [-0.05, 0) is 31.4 Å². The Kier molecular flexibility index (Phi) is 5.89. The zero-order valence-corrected chi connectivity index (χ0v) is 14.5. The molecular weight excluding hydrogens is 314 g/mol. The first-order valence-corrected chi connectivity index (χ1v) is 7.76. The first-order chi connectivity index (χ1) is 11.6.